The van der Waals surface area contributed by atoms with Crippen molar-refractivity contribution in [3.05, 3.63) is 33.7 Å². The fourth-order valence-electron chi connectivity index (χ4n) is 3.94. The summed E-state index contributed by atoms with van der Waals surface area (Å²) < 4.78 is 1.61. The molecule has 21 heavy (non-hydrogen) atoms. The van der Waals surface area contributed by atoms with E-state index in [-0.39, 0.29) is 11.1 Å². The smallest absolute Gasteiger partial charge is 0.258 e. The van der Waals surface area contributed by atoms with Gasteiger partial charge in [0.2, 0.25) is 0 Å². The summed E-state index contributed by atoms with van der Waals surface area (Å²) in [6, 6.07) is 1.68. The lowest BCUT2D eigenvalue weighted by molar-refractivity contribution is 0.130. The van der Waals surface area contributed by atoms with E-state index >= 15 is 0 Å². The van der Waals surface area contributed by atoms with Crippen LogP contribution in [0.2, 0.25) is 0 Å². The molecule has 0 radical (unpaired) electrons. The molecule has 2 aromatic rings. The summed E-state index contributed by atoms with van der Waals surface area (Å²) in [5, 5.41) is 5.41. The van der Waals surface area contributed by atoms with Gasteiger partial charge in [0.05, 0.1) is 5.69 Å². The third-order valence-electron chi connectivity index (χ3n) is 5.23. The molecule has 0 amide bonds. The molecule has 2 atom stereocenters. The number of fused-ring (bicyclic) bond motifs is 2. The Morgan fingerprint density at radius 3 is 3.14 bits per heavy atom. The predicted octanol–water partition coefficient (Wildman–Crippen LogP) is 1.19. The Morgan fingerprint density at radius 2 is 2.33 bits per heavy atom. The second-order valence-corrected chi connectivity index (χ2v) is 7.57. The standard InChI is InChI=1S/C15H20N4OS/c1-15(2)12-7-16-6-10(12)8-18(15)9-11-5-13(20)19-3-4-21-14(19)17-11/h3-5,10,12,16H,6-9H2,1-2H3. The summed E-state index contributed by atoms with van der Waals surface area (Å²) in [6.45, 7) is 8.72. The van der Waals surface area contributed by atoms with Crippen molar-refractivity contribution in [2.45, 2.75) is 25.9 Å². The molecule has 6 heteroatoms. The van der Waals surface area contributed by atoms with Gasteiger partial charge in [0.15, 0.2) is 4.96 Å². The van der Waals surface area contributed by atoms with Crippen molar-refractivity contribution >= 4 is 16.3 Å². The Bertz CT molecular complexity index is 735. The summed E-state index contributed by atoms with van der Waals surface area (Å²) in [7, 11) is 0. The molecule has 0 aliphatic carbocycles. The van der Waals surface area contributed by atoms with Gasteiger partial charge in [0.25, 0.3) is 5.56 Å². The largest absolute Gasteiger partial charge is 0.316 e. The Hall–Kier alpha value is -1.24. The highest BCUT2D eigenvalue weighted by Crippen LogP contribution is 2.41. The lowest BCUT2D eigenvalue weighted by atomic mass is 9.85. The number of aromatic nitrogens is 2. The molecule has 2 aromatic heterocycles. The van der Waals surface area contributed by atoms with Gasteiger partial charge in [-0.3, -0.25) is 14.1 Å². The first kappa shape index (κ1) is 13.4. The SMILES string of the molecule is CC1(C)C2CNCC2CN1Cc1cc(=O)n2ccsc2n1. The minimum Gasteiger partial charge on any atom is -0.316 e. The maximum absolute atomic E-state index is 12.1. The highest BCUT2D eigenvalue weighted by Gasteiger charge is 2.49. The van der Waals surface area contributed by atoms with Crippen LogP contribution in [0.15, 0.2) is 22.4 Å². The van der Waals surface area contributed by atoms with E-state index in [0.29, 0.717) is 5.92 Å². The molecule has 5 nitrogen and oxygen atoms in total. The number of hydrogen-bond acceptors (Lipinski definition) is 5. The summed E-state index contributed by atoms with van der Waals surface area (Å²) in [6.07, 6.45) is 1.79. The molecule has 2 aliphatic heterocycles. The molecule has 0 spiro atoms. The van der Waals surface area contributed by atoms with Crippen LogP contribution in [-0.2, 0) is 6.54 Å². The number of rotatable bonds is 2. The molecular formula is C15H20N4OS. The van der Waals surface area contributed by atoms with Gasteiger partial charge in [-0.15, -0.1) is 11.3 Å². The molecular weight excluding hydrogens is 284 g/mol. The van der Waals surface area contributed by atoms with E-state index in [2.05, 4.69) is 29.0 Å². The second kappa shape index (κ2) is 4.63. The van der Waals surface area contributed by atoms with E-state index in [1.54, 1.807) is 16.7 Å². The second-order valence-electron chi connectivity index (χ2n) is 6.70. The highest BCUT2D eigenvalue weighted by atomic mass is 32.1. The number of hydrogen-bond donors (Lipinski definition) is 1. The van der Waals surface area contributed by atoms with Gasteiger partial charge in [-0.05, 0) is 32.2 Å². The fourth-order valence-corrected chi connectivity index (χ4v) is 4.68. The van der Waals surface area contributed by atoms with Gasteiger partial charge in [0.1, 0.15) is 0 Å². The highest BCUT2D eigenvalue weighted by molar-refractivity contribution is 7.15. The van der Waals surface area contributed by atoms with Crippen LogP contribution in [0.25, 0.3) is 4.96 Å². The van der Waals surface area contributed by atoms with Crippen LogP contribution in [0.4, 0.5) is 0 Å². The van der Waals surface area contributed by atoms with Crippen molar-refractivity contribution in [3.63, 3.8) is 0 Å². The topological polar surface area (TPSA) is 49.6 Å². The van der Waals surface area contributed by atoms with E-state index < -0.39 is 0 Å². The number of nitrogens with one attached hydrogen (secondary N) is 1. The number of thiazole rings is 1. The first-order valence-electron chi connectivity index (χ1n) is 7.47. The maximum atomic E-state index is 12.1. The van der Waals surface area contributed by atoms with Crippen molar-refractivity contribution in [2.75, 3.05) is 19.6 Å². The zero-order valence-corrected chi connectivity index (χ0v) is 13.2. The van der Waals surface area contributed by atoms with Gasteiger partial charge in [-0.25, -0.2) is 4.98 Å². The minimum atomic E-state index is 0.0233. The normalized spacial score (nSPS) is 28.3. The van der Waals surface area contributed by atoms with Crippen LogP contribution in [0.3, 0.4) is 0 Å². The summed E-state index contributed by atoms with van der Waals surface area (Å²) in [5.74, 6) is 1.43. The van der Waals surface area contributed by atoms with Gasteiger partial charge >= 0.3 is 0 Å². The average Bonchev–Trinajstić information content (AvgIpc) is 3.09. The Labute approximate surface area is 127 Å². The molecule has 2 unspecified atom stereocenters. The molecule has 1 N–H and O–H groups in total. The van der Waals surface area contributed by atoms with Crippen LogP contribution in [0.1, 0.15) is 19.5 Å². The van der Waals surface area contributed by atoms with Gasteiger partial charge in [0, 0.05) is 42.8 Å². The molecule has 2 saturated heterocycles. The van der Waals surface area contributed by atoms with Crippen molar-refractivity contribution in [1.82, 2.24) is 19.6 Å². The van der Waals surface area contributed by atoms with Gasteiger partial charge in [-0.1, -0.05) is 0 Å². The third kappa shape index (κ3) is 2.05. The maximum Gasteiger partial charge on any atom is 0.258 e. The van der Waals surface area contributed by atoms with E-state index in [4.69, 9.17) is 0 Å². The van der Waals surface area contributed by atoms with Crippen LogP contribution in [0, 0.1) is 11.8 Å². The van der Waals surface area contributed by atoms with Crippen molar-refractivity contribution < 1.29 is 0 Å². The van der Waals surface area contributed by atoms with E-state index in [1.807, 2.05) is 5.38 Å². The molecule has 2 fully saturated rings. The molecule has 0 bridgehead atoms. The third-order valence-corrected chi connectivity index (χ3v) is 5.98. The first-order valence-corrected chi connectivity index (χ1v) is 8.35. The lowest BCUT2D eigenvalue weighted by Gasteiger charge is -2.35. The summed E-state index contributed by atoms with van der Waals surface area (Å²) >= 11 is 1.51. The predicted molar refractivity (Wildman–Crippen MR) is 83.7 cm³/mol. The molecule has 4 heterocycles. The molecule has 0 aromatic carbocycles. The first-order chi connectivity index (χ1) is 10.1. The van der Waals surface area contributed by atoms with Crippen LogP contribution in [0.5, 0.6) is 0 Å². The fraction of sp³-hybridized carbons (Fsp3) is 0.600. The van der Waals surface area contributed by atoms with Crippen molar-refractivity contribution in [1.29, 1.82) is 0 Å². The van der Waals surface area contributed by atoms with Crippen LogP contribution < -0.4 is 10.9 Å². The number of likely N-dealkylation sites (tertiary alicyclic amines) is 1. The van der Waals surface area contributed by atoms with E-state index in [1.165, 1.54) is 11.3 Å². The van der Waals surface area contributed by atoms with Gasteiger partial charge in [-0.2, -0.15) is 0 Å². The van der Waals surface area contributed by atoms with E-state index in [0.717, 1.165) is 42.8 Å². The Kier molecular flexibility index (Phi) is 2.96. The Balaban J connectivity index is 1.64. The quantitative estimate of drug-likeness (QED) is 0.905. The van der Waals surface area contributed by atoms with Crippen LogP contribution in [-0.4, -0.2) is 39.5 Å². The molecule has 4 rings (SSSR count). The molecule has 112 valence electrons. The van der Waals surface area contributed by atoms with E-state index in [9.17, 15) is 4.79 Å². The minimum absolute atomic E-state index is 0.0233. The van der Waals surface area contributed by atoms with Crippen molar-refractivity contribution in [3.8, 4) is 0 Å². The molecule has 0 saturated carbocycles. The zero-order chi connectivity index (χ0) is 14.6. The molecule has 2 aliphatic rings. The number of nitrogens with zero attached hydrogens (tertiary/aromatic N) is 3. The summed E-state index contributed by atoms with van der Waals surface area (Å²) in [4.78, 5) is 20.0. The van der Waals surface area contributed by atoms with Crippen LogP contribution >= 0.6 is 11.3 Å². The zero-order valence-electron chi connectivity index (χ0n) is 12.4. The van der Waals surface area contributed by atoms with Gasteiger partial charge < -0.3 is 5.32 Å². The van der Waals surface area contributed by atoms with Crippen molar-refractivity contribution in [2.24, 2.45) is 11.8 Å². The lowest BCUT2D eigenvalue weighted by Crippen LogP contribution is -2.44. The monoisotopic (exact) mass is 304 g/mol. The average molecular weight is 304 g/mol. The summed E-state index contributed by atoms with van der Waals surface area (Å²) in [5.41, 5.74) is 1.08. The Morgan fingerprint density at radius 1 is 1.48 bits per heavy atom.